The van der Waals surface area contributed by atoms with Crippen LogP contribution >= 0.6 is 0 Å². The van der Waals surface area contributed by atoms with Gasteiger partial charge in [0.15, 0.2) is 0 Å². The second-order valence-electron chi connectivity index (χ2n) is 29.7. The molecule has 3 amide bonds. The van der Waals surface area contributed by atoms with E-state index in [0.717, 1.165) is 78.2 Å². The number of halogens is 7. The van der Waals surface area contributed by atoms with Crippen LogP contribution in [0.3, 0.4) is 0 Å². The van der Waals surface area contributed by atoms with Gasteiger partial charge >= 0.3 is 12.4 Å². The van der Waals surface area contributed by atoms with Crippen molar-refractivity contribution in [2.24, 2.45) is 16.2 Å². The Morgan fingerprint density at radius 1 is 0.444 bits per heavy atom. The number of hydrogen-bond donors (Lipinski definition) is 3. The molecule has 108 heavy (non-hydrogen) atoms. The molecule has 12 nitrogen and oxygen atoms in total. The lowest BCUT2D eigenvalue weighted by Crippen LogP contribution is -2.25. The average Bonchev–Trinajstić information content (AvgIpc) is 0.881. The number of allylic oxidation sites excluding steroid dienone is 27. The van der Waals surface area contributed by atoms with Crippen molar-refractivity contribution >= 4 is 34.8 Å². The van der Waals surface area contributed by atoms with Crippen LogP contribution in [0.2, 0.25) is 0 Å². The smallest absolute Gasteiger partial charge is 0.330 e. The first-order chi connectivity index (χ1) is 50.9. The average molecular weight is 1480 g/mol. The third-order valence-corrected chi connectivity index (χ3v) is 19.6. The van der Waals surface area contributed by atoms with Crippen molar-refractivity contribution < 1.29 is 45.1 Å². The van der Waals surface area contributed by atoms with Crippen LogP contribution in [0.4, 0.5) is 47.8 Å². The molecule has 6 aromatic rings. The van der Waals surface area contributed by atoms with Crippen molar-refractivity contribution in [2.75, 3.05) is 16.0 Å². The highest BCUT2D eigenvalue weighted by molar-refractivity contribution is 6.01. The van der Waals surface area contributed by atoms with Crippen molar-refractivity contribution in [3.8, 4) is 0 Å². The van der Waals surface area contributed by atoms with Gasteiger partial charge in [0.05, 0.1) is 53.9 Å². The number of aromatic nitrogens is 6. The zero-order chi connectivity index (χ0) is 79.2. The maximum atomic E-state index is 13.3. The molecule has 0 saturated carbocycles. The Bertz CT molecular complexity index is 4570. The van der Waals surface area contributed by atoms with Gasteiger partial charge in [0, 0.05) is 66.8 Å². The molecule has 19 heteroatoms. The first-order valence-corrected chi connectivity index (χ1v) is 36.1. The Labute approximate surface area is 632 Å². The van der Waals surface area contributed by atoms with Crippen LogP contribution in [0.1, 0.15) is 172 Å². The summed E-state index contributed by atoms with van der Waals surface area (Å²) in [6, 6.07) is 17.1. The fourth-order valence-electron chi connectivity index (χ4n) is 13.5. The minimum Gasteiger partial charge on any atom is -0.330 e. The third kappa shape index (κ3) is 25.5. The predicted molar refractivity (Wildman–Crippen MR) is 423 cm³/mol. The molecule has 3 atom stereocenters. The zero-order valence-electron chi connectivity index (χ0n) is 64.5. The lowest BCUT2D eigenvalue weighted by molar-refractivity contribution is -0.140. The van der Waals surface area contributed by atoms with Crippen molar-refractivity contribution in [1.82, 2.24) is 28.7 Å². The van der Waals surface area contributed by atoms with Crippen LogP contribution < -0.4 is 16.0 Å². The van der Waals surface area contributed by atoms with E-state index in [4.69, 9.17) is 0 Å². The molecular weight excluding hydrogens is 1380 g/mol. The van der Waals surface area contributed by atoms with Crippen molar-refractivity contribution in [3.05, 3.63) is 322 Å². The minimum absolute atomic E-state index is 0.00602. The highest BCUT2D eigenvalue weighted by Gasteiger charge is 2.39. The number of benzene rings is 3. The number of nitrogens with one attached hydrogen (secondary N) is 3. The van der Waals surface area contributed by atoms with E-state index in [-0.39, 0.29) is 46.0 Å². The number of rotatable bonds is 21. The summed E-state index contributed by atoms with van der Waals surface area (Å²) < 4.78 is 98.4. The third-order valence-electron chi connectivity index (χ3n) is 19.6. The first kappa shape index (κ1) is 84.6. The summed E-state index contributed by atoms with van der Waals surface area (Å²) in [7, 11) is 0. The number of imidazole rings is 3. The number of carbonyl (C=O) groups excluding carboxylic acids is 3. The number of hydrogen-bond acceptors (Lipinski definition) is 6. The molecular formula is C89H102F7N9O3. The fourth-order valence-corrected chi connectivity index (χ4v) is 13.5. The Kier molecular flexibility index (Phi) is 29.9. The number of para-hydroxylation sites is 1. The molecule has 0 aliphatic heterocycles. The molecule has 0 bridgehead atoms. The SMILES string of the molecule is CC1=C(/C=C/C(C)=C/C=C/C(C)=C/C(=O)Nc2cc(C(F)(F)F)ccc2C(F)(F)F)C(C)(C)CCC1n1ccnc1.CC1=C(/C=C/C(C)=C/C=C/C(C)=C/C(=O)Nc2ccc(F)cc2)C(C)(C)CCC1n1ccnc1.CC1=C(/C=C/C(C)=C/C=C/C(C)=C/C(=O)Nc2ccccc2)C(C)(C)CCC1n1ccnc1. The zero-order valence-corrected chi connectivity index (χ0v) is 64.5. The van der Waals surface area contributed by atoms with Gasteiger partial charge in [0.1, 0.15) is 5.82 Å². The highest BCUT2D eigenvalue weighted by atomic mass is 19.4. The molecule has 3 aliphatic carbocycles. The monoisotopic (exact) mass is 1480 g/mol. The minimum atomic E-state index is -4.94. The molecule has 0 spiro atoms. The van der Waals surface area contributed by atoms with Gasteiger partial charge in [0.2, 0.25) is 17.7 Å². The Hall–Kier alpha value is -10.7. The summed E-state index contributed by atoms with van der Waals surface area (Å²) in [5.74, 6) is -1.69. The van der Waals surface area contributed by atoms with Crippen LogP contribution in [0.25, 0.3) is 0 Å². The van der Waals surface area contributed by atoms with Crippen molar-refractivity contribution in [1.29, 1.82) is 0 Å². The number of amides is 3. The summed E-state index contributed by atoms with van der Waals surface area (Å²) in [6.07, 6.45) is 48.0. The molecule has 3 aromatic carbocycles. The van der Waals surface area contributed by atoms with E-state index in [0.29, 0.717) is 35.5 Å². The van der Waals surface area contributed by atoms with Gasteiger partial charge in [-0.05, 0) is 222 Å². The molecule has 3 aromatic heterocycles. The standard InChI is InChI=1S/C31H33F6N3O.C29H34FN3O.C29H35N3O/c1-20(9-11-24-22(3)27(13-14-29(24,4)5)40-16-15-38-19-40)7-6-8-21(2)17-28(41)39-26-18-23(30(32,33)34)10-12-25(26)31(35,36)37;1-21(7-6-8-22(2)19-28(34)32-25-12-10-24(30)11-13-25)9-14-26-23(3)27(15-16-29(26,4)5)33-18-17-31-20-33;1-22(10-9-11-23(2)20-28(33)31-25-12-7-6-8-13-25)14-15-26-24(3)27(16-17-29(26,4)5)32-19-18-30-21-32/h6-12,15-19,27H,13-14H2,1-5H3,(H,39,41);6-14,17-20,27H,15-16H2,1-5H3,(H,32,34);6-15,18-21,27H,16-17H2,1-5H3,(H,31,33)/b8-6+,11-9+,20-7+,21-17+;8-6+,14-9+,21-7+,22-19+;11-9+,15-14+,22-10+,23-20+. The molecule has 0 fully saturated rings. The maximum Gasteiger partial charge on any atom is 0.418 e. The molecule has 0 saturated heterocycles. The summed E-state index contributed by atoms with van der Waals surface area (Å²) in [5.41, 5.74) is 11.4. The van der Waals surface area contributed by atoms with E-state index in [1.54, 1.807) is 31.3 Å². The Balaban J connectivity index is 0.000000227. The van der Waals surface area contributed by atoms with Gasteiger partial charge in [-0.1, -0.05) is 168 Å². The van der Waals surface area contributed by atoms with Crippen molar-refractivity contribution in [2.45, 2.75) is 173 Å². The number of nitrogens with zero attached hydrogens (tertiary/aromatic N) is 6. The van der Waals surface area contributed by atoms with Gasteiger partial charge in [0.25, 0.3) is 0 Å². The molecule has 3 aliphatic rings. The van der Waals surface area contributed by atoms with Gasteiger partial charge in [-0.15, -0.1) is 0 Å². The Morgan fingerprint density at radius 2 is 0.787 bits per heavy atom. The molecule has 570 valence electrons. The number of alkyl halides is 6. The molecule has 3 heterocycles. The van der Waals surface area contributed by atoms with E-state index >= 15 is 0 Å². The second kappa shape index (κ2) is 38.2. The predicted octanol–water partition coefficient (Wildman–Crippen LogP) is 23.8. The quantitative estimate of drug-likeness (QED) is 0.0372. The highest BCUT2D eigenvalue weighted by Crippen LogP contribution is 2.48. The van der Waals surface area contributed by atoms with Crippen LogP contribution in [0, 0.1) is 22.1 Å². The van der Waals surface area contributed by atoms with Crippen LogP contribution in [-0.2, 0) is 26.7 Å². The Morgan fingerprint density at radius 3 is 1.11 bits per heavy atom. The molecule has 9 rings (SSSR count). The number of anilines is 3. The fraction of sp³-hybridized carbons (Fsp3) is 0.326. The second-order valence-corrected chi connectivity index (χ2v) is 29.7. The van der Waals surface area contributed by atoms with Crippen LogP contribution in [0.5, 0.6) is 0 Å². The van der Waals surface area contributed by atoms with E-state index in [1.165, 1.54) is 63.8 Å². The summed E-state index contributed by atoms with van der Waals surface area (Å²) in [6.45, 7) is 31.8. The van der Waals surface area contributed by atoms with E-state index in [9.17, 15) is 45.1 Å². The summed E-state index contributed by atoms with van der Waals surface area (Å²) in [5, 5.41) is 7.53. The summed E-state index contributed by atoms with van der Waals surface area (Å²) >= 11 is 0. The van der Waals surface area contributed by atoms with Gasteiger partial charge in [-0.25, -0.2) is 19.3 Å². The lowest BCUT2D eigenvalue weighted by atomic mass is 9.71. The topological polar surface area (TPSA) is 141 Å². The van der Waals surface area contributed by atoms with Gasteiger partial charge in [-0.2, -0.15) is 26.3 Å². The molecule has 0 radical (unpaired) electrons. The van der Waals surface area contributed by atoms with E-state index < -0.39 is 35.1 Å². The first-order valence-electron chi connectivity index (χ1n) is 36.1. The maximum absolute atomic E-state index is 13.3. The number of carbonyl (C=O) groups is 3. The summed E-state index contributed by atoms with van der Waals surface area (Å²) in [4.78, 5) is 49.2. The normalized spacial score (nSPS) is 19.2. The van der Waals surface area contributed by atoms with Crippen LogP contribution in [-0.4, -0.2) is 46.4 Å². The van der Waals surface area contributed by atoms with E-state index in [2.05, 4.69) is 158 Å². The van der Waals surface area contributed by atoms with Gasteiger partial charge < -0.3 is 29.7 Å². The molecule has 3 unspecified atom stereocenters. The largest absolute Gasteiger partial charge is 0.418 e. The molecule has 3 N–H and O–H groups in total. The lowest BCUT2D eigenvalue weighted by Gasteiger charge is -2.38. The van der Waals surface area contributed by atoms with Gasteiger partial charge in [-0.3, -0.25) is 14.4 Å². The van der Waals surface area contributed by atoms with Crippen molar-refractivity contribution in [3.63, 3.8) is 0 Å². The van der Waals surface area contributed by atoms with E-state index in [1.807, 2.05) is 143 Å². The van der Waals surface area contributed by atoms with Crippen LogP contribution in [0.15, 0.2) is 305 Å².